The number of nitrogens with zero attached hydrogens (tertiary/aromatic N) is 1. The Morgan fingerprint density at radius 2 is 1.85 bits per heavy atom. The van der Waals surface area contributed by atoms with Gasteiger partial charge in [0, 0.05) is 22.3 Å². The van der Waals surface area contributed by atoms with Crippen LogP contribution in [0.5, 0.6) is 0 Å². The summed E-state index contributed by atoms with van der Waals surface area (Å²) in [6.07, 6.45) is 12.4. The zero-order chi connectivity index (χ0) is 14.8. The molecule has 1 heterocycles. The van der Waals surface area contributed by atoms with Gasteiger partial charge in [0.2, 0.25) is 0 Å². The van der Waals surface area contributed by atoms with E-state index in [1.165, 1.54) is 44.2 Å². The molecule has 0 bridgehead atoms. The fourth-order valence-corrected chi connectivity index (χ4v) is 2.81. The Labute approximate surface area is 129 Å². The molecule has 0 aliphatic carbocycles. The highest BCUT2D eigenvalue weighted by Crippen LogP contribution is 2.38. The van der Waals surface area contributed by atoms with E-state index in [2.05, 4.69) is 37.0 Å². The second-order valence-electron chi connectivity index (χ2n) is 5.70. The molecule has 0 unspecified atom stereocenters. The first-order valence-corrected chi connectivity index (χ1v) is 8.26. The summed E-state index contributed by atoms with van der Waals surface area (Å²) in [5.41, 5.74) is 1.39. The van der Waals surface area contributed by atoms with Crippen molar-refractivity contribution in [2.24, 2.45) is 0 Å². The van der Waals surface area contributed by atoms with Crippen LogP contribution in [-0.4, -0.2) is 4.98 Å². The minimum Gasteiger partial charge on any atom is -0.261 e. The van der Waals surface area contributed by atoms with Crippen molar-refractivity contribution in [3.63, 3.8) is 0 Å². The quantitative estimate of drug-likeness (QED) is 0.525. The molecule has 0 saturated carbocycles. The molecule has 2 heteroatoms. The summed E-state index contributed by atoms with van der Waals surface area (Å²) >= 11 is 6.08. The van der Waals surface area contributed by atoms with Crippen molar-refractivity contribution in [3.05, 3.63) is 41.2 Å². The van der Waals surface area contributed by atoms with Crippen LogP contribution >= 0.6 is 11.6 Å². The Balaban J connectivity index is 3.06. The molecule has 0 radical (unpaired) electrons. The molecule has 0 saturated heterocycles. The number of hydrogen-bond donors (Lipinski definition) is 0. The average molecular weight is 294 g/mol. The highest BCUT2D eigenvalue weighted by molar-refractivity contribution is 6.29. The molecular weight excluding hydrogens is 266 g/mol. The standard InChI is InChI=1S/C18H28ClN/c1-4-6-12-18(13-7-5-2,14-11-16(3)19)17-10-8-9-15-20-17/h8-11,15H,4-7,12-14H2,1-3H3/b16-11-. The van der Waals surface area contributed by atoms with Crippen LogP contribution in [0.15, 0.2) is 35.5 Å². The Morgan fingerprint density at radius 1 is 1.20 bits per heavy atom. The predicted molar refractivity (Wildman–Crippen MR) is 89.2 cm³/mol. The second-order valence-corrected chi connectivity index (χ2v) is 6.29. The van der Waals surface area contributed by atoms with E-state index in [4.69, 9.17) is 11.6 Å². The Kier molecular flexibility index (Phi) is 7.91. The number of halogens is 1. The number of hydrogen-bond acceptors (Lipinski definition) is 1. The molecule has 1 nitrogen and oxygen atoms in total. The molecule has 1 aromatic heterocycles. The summed E-state index contributed by atoms with van der Waals surface area (Å²) in [6, 6.07) is 6.28. The first kappa shape index (κ1) is 17.2. The minimum absolute atomic E-state index is 0.156. The molecule has 0 N–H and O–H groups in total. The van der Waals surface area contributed by atoms with Gasteiger partial charge in [0.1, 0.15) is 0 Å². The van der Waals surface area contributed by atoms with Crippen molar-refractivity contribution in [3.8, 4) is 0 Å². The van der Waals surface area contributed by atoms with Gasteiger partial charge < -0.3 is 0 Å². The van der Waals surface area contributed by atoms with Crippen molar-refractivity contribution in [1.82, 2.24) is 4.98 Å². The number of rotatable bonds is 9. The topological polar surface area (TPSA) is 12.9 Å². The van der Waals surface area contributed by atoms with Crippen molar-refractivity contribution >= 4 is 11.6 Å². The van der Waals surface area contributed by atoms with E-state index in [1.807, 2.05) is 19.2 Å². The summed E-state index contributed by atoms with van der Waals surface area (Å²) in [5, 5.41) is 0.887. The average Bonchev–Trinajstić information content (AvgIpc) is 2.48. The Hall–Kier alpha value is -0.820. The van der Waals surface area contributed by atoms with Gasteiger partial charge in [-0.2, -0.15) is 0 Å². The third-order valence-corrected chi connectivity index (χ3v) is 4.15. The highest BCUT2D eigenvalue weighted by atomic mass is 35.5. The van der Waals surface area contributed by atoms with Gasteiger partial charge in [-0.25, -0.2) is 0 Å². The molecule has 0 spiro atoms. The minimum atomic E-state index is 0.156. The maximum atomic E-state index is 6.08. The maximum absolute atomic E-state index is 6.08. The normalized spacial score (nSPS) is 12.7. The molecule has 112 valence electrons. The van der Waals surface area contributed by atoms with Crippen molar-refractivity contribution in [1.29, 1.82) is 0 Å². The summed E-state index contributed by atoms with van der Waals surface area (Å²) < 4.78 is 0. The fraction of sp³-hybridized carbons (Fsp3) is 0.611. The van der Waals surface area contributed by atoms with Crippen LogP contribution in [0.1, 0.15) is 71.4 Å². The van der Waals surface area contributed by atoms with E-state index in [1.54, 1.807) is 0 Å². The lowest BCUT2D eigenvalue weighted by atomic mass is 9.72. The molecule has 0 aliphatic heterocycles. The van der Waals surface area contributed by atoms with Crippen LogP contribution in [0.2, 0.25) is 0 Å². The fourth-order valence-electron chi connectivity index (χ4n) is 2.73. The monoisotopic (exact) mass is 293 g/mol. The van der Waals surface area contributed by atoms with E-state index in [0.29, 0.717) is 0 Å². The SMILES string of the molecule is CCCCC(C/C=C(/C)Cl)(CCCC)c1ccccn1. The second kappa shape index (κ2) is 9.18. The van der Waals surface area contributed by atoms with Crippen LogP contribution in [0.25, 0.3) is 0 Å². The number of allylic oxidation sites excluding steroid dienone is 2. The molecule has 0 fully saturated rings. The van der Waals surface area contributed by atoms with Crippen LogP contribution in [0.3, 0.4) is 0 Å². The van der Waals surface area contributed by atoms with Gasteiger partial charge in [-0.1, -0.05) is 63.3 Å². The number of unbranched alkanes of at least 4 members (excludes halogenated alkanes) is 2. The molecule has 0 amide bonds. The lowest BCUT2D eigenvalue weighted by molar-refractivity contribution is 0.335. The smallest absolute Gasteiger partial charge is 0.0468 e. The van der Waals surface area contributed by atoms with E-state index in [0.717, 1.165) is 11.5 Å². The number of pyridine rings is 1. The first-order chi connectivity index (χ1) is 9.64. The molecule has 20 heavy (non-hydrogen) atoms. The van der Waals surface area contributed by atoms with Crippen molar-refractivity contribution < 1.29 is 0 Å². The van der Waals surface area contributed by atoms with Crippen LogP contribution in [0.4, 0.5) is 0 Å². The van der Waals surface area contributed by atoms with Crippen molar-refractivity contribution in [2.45, 2.75) is 71.1 Å². The highest BCUT2D eigenvalue weighted by Gasteiger charge is 2.31. The summed E-state index contributed by atoms with van der Waals surface area (Å²) in [4.78, 5) is 4.66. The molecular formula is C18H28ClN. The first-order valence-electron chi connectivity index (χ1n) is 7.88. The zero-order valence-electron chi connectivity index (χ0n) is 13.2. The Bertz CT molecular complexity index is 385. The van der Waals surface area contributed by atoms with Crippen LogP contribution in [0, 0.1) is 0 Å². The third kappa shape index (κ3) is 5.28. The molecule has 0 aliphatic rings. The third-order valence-electron chi connectivity index (χ3n) is 4.00. The van der Waals surface area contributed by atoms with Gasteiger partial charge in [0.25, 0.3) is 0 Å². The van der Waals surface area contributed by atoms with E-state index < -0.39 is 0 Å². The van der Waals surface area contributed by atoms with E-state index >= 15 is 0 Å². The van der Waals surface area contributed by atoms with Gasteiger partial charge in [-0.3, -0.25) is 4.98 Å². The lowest BCUT2D eigenvalue weighted by Crippen LogP contribution is -2.27. The van der Waals surface area contributed by atoms with Crippen LogP contribution < -0.4 is 0 Å². The molecule has 1 aromatic rings. The summed E-state index contributed by atoms with van der Waals surface area (Å²) in [6.45, 7) is 6.47. The van der Waals surface area contributed by atoms with Gasteiger partial charge in [-0.15, -0.1) is 0 Å². The maximum Gasteiger partial charge on any atom is 0.0468 e. The zero-order valence-corrected chi connectivity index (χ0v) is 13.9. The van der Waals surface area contributed by atoms with Gasteiger partial charge in [-0.05, 0) is 38.3 Å². The molecule has 0 atom stereocenters. The van der Waals surface area contributed by atoms with E-state index in [9.17, 15) is 0 Å². The number of aromatic nitrogens is 1. The van der Waals surface area contributed by atoms with Gasteiger partial charge >= 0.3 is 0 Å². The largest absolute Gasteiger partial charge is 0.261 e. The van der Waals surface area contributed by atoms with Gasteiger partial charge in [0.15, 0.2) is 0 Å². The van der Waals surface area contributed by atoms with Crippen LogP contribution in [-0.2, 0) is 5.41 Å². The van der Waals surface area contributed by atoms with E-state index in [-0.39, 0.29) is 5.41 Å². The predicted octanol–water partition coefficient (Wildman–Crippen LogP) is 6.23. The summed E-state index contributed by atoms with van der Waals surface area (Å²) in [7, 11) is 0. The molecule has 0 aromatic carbocycles. The molecule has 1 rings (SSSR count). The summed E-state index contributed by atoms with van der Waals surface area (Å²) in [5.74, 6) is 0. The van der Waals surface area contributed by atoms with Gasteiger partial charge in [0.05, 0.1) is 0 Å². The van der Waals surface area contributed by atoms with Crippen molar-refractivity contribution in [2.75, 3.05) is 0 Å². The Morgan fingerprint density at radius 3 is 2.30 bits per heavy atom. The lowest BCUT2D eigenvalue weighted by Gasteiger charge is -2.33.